The van der Waals surface area contributed by atoms with Gasteiger partial charge in [-0.05, 0) is 26.0 Å². The van der Waals surface area contributed by atoms with Gasteiger partial charge in [0, 0.05) is 30.9 Å². The Morgan fingerprint density at radius 3 is 2.65 bits per heavy atom. The first kappa shape index (κ1) is 17.1. The standard InChI is InChI=1S/C17H22N2O4/c1-17(2,14-9-11-18-12-10-14)23-16(20)8-7-13-5-3-4-6-15(13)19(21)22/h3-8,14,18H,9-12H2,1-2H3/p+1/b8-7+. The molecule has 124 valence electrons. The zero-order valence-corrected chi connectivity index (χ0v) is 13.5. The van der Waals surface area contributed by atoms with Gasteiger partial charge in [-0.3, -0.25) is 10.1 Å². The van der Waals surface area contributed by atoms with Crippen LogP contribution in [0.15, 0.2) is 30.3 Å². The summed E-state index contributed by atoms with van der Waals surface area (Å²) in [6.07, 6.45) is 4.74. The highest BCUT2D eigenvalue weighted by molar-refractivity contribution is 5.88. The predicted octanol–water partition coefficient (Wildman–Crippen LogP) is 1.90. The van der Waals surface area contributed by atoms with Crippen molar-refractivity contribution in [1.82, 2.24) is 0 Å². The minimum Gasteiger partial charge on any atom is -0.456 e. The lowest BCUT2D eigenvalue weighted by molar-refractivity contribution is -0.665. The minimum absolute atomic E-state index is 0.0290. The lowest BCUT2D eigenvalue weighted by Crippen LogP contribution is -2.86. The number of para-hydroxylation sites is 1. The van der Waals surface area contributed by atoms with Gasteiger partial charge in [0.1, 0.15) is 5.60 Å². The largest absolute Gasteiger partial charge is 0.456 e. The topological polar surface area (TPSA) is 86.0 Å². The number of ether oxygens (including phenoxy) is 1. The number of carbonyl (C=O) groups excluding carboxylic acids is 1. The fourth-order valence-electron chi connectivity index (χ4n) is 2.95. The monoisotopic (exact) mass is 319 g/mol. The molecule has 0 aliphatic carbocycles. The van der Waals surface area contributed by atoms with Gasteiger partial charge in [0.2, 0.25) is 0 Å². The first-order chi connectivity index (χ1) is 10.9. The summed E-state index contributed by atoms with van der Waals surface area (Å²) in [6.45, 7) is 5.97. The molecule has 0 bridgehead atoms. The van der Waals surface area contributed by atoms with Crippen molar-refractivity contribution in [3.63, 3.8) is 0 Å². The second-order valence-electron chi connectivity index (χ2n) is 6.31. The number of piperidine rings is 1. The lowest BCUT2D eigenvalue weighted by atomic mass is 9.83. The highest BCUT2D eigenvalue weighted by Crippen LogP contribution is 2.28. The van der Waals surface area contributed by atoms with E-state index >= 15 is 0 Å². The summed E-state index contributed by atoms with van der Waals surface area (Å²) in [6, 6.07) is 6.30. The fraction of sp³-hybridized carbons (Fsp3) is 0.471. The van der Waals surface area contributed by atoms with Crippen LogP contribution in [0.2, 0.25) is 0 Å². The maximum atomic E-state index is 12.1. The van der Waals surface area contributed by atoms with Crippen molar-refractivity contribution in [3.05, 3.63) is 46.0 Å². The van der Waals surface area contributed by atoms with E-state index in [2.05, 4.69) is 5.32 Å². The second-order valence-corrected chi connectivity index (χ2v) is 6.31. The van der Waals surface area contributed by atoms with Gasteiger partial charge in [0.05, 0.1) is 23.6 Å². The number of nitro groups is 1. The minimum atomic E-state index is -0.529. The van der Waals surface area contributed by atoms with E-state index in [1.165, 1.54) is 18.2 Å². The number of esters is 1. The van der Waals surface area contributed by atoms with Crippen LogP contribution in [-0.2, 0) is 9.53 Å². The lowest BCUT2D eigenvalue weighted by Gasteiger charge is -2.35. The van der Waals surface area contributed by atoms with Gasteiger partial charge in [0.25, 0.3) is 5.69 Å². The van der Waals surface area contributed by atoms with Crippen LogP contribution in [0.4, 0.5) is 5.69 Å². The Kier molecular flexibility index (Phi) is 5.50. The van der Waals surface area contributed by atoms with Crippen molar-refractivity contribution in [2.45, 2.75) is 32.3 Å². The van der Waals surface area contributed by atoms with Crippen molar-refractivity contribution in [1.29, 1.82) is 0 Å². The van der Waals surface area contributed by atoms with Crippen molar-refractivity contribution in [2.24, 2.45) is 5.92 Å². The number of carbonyl (C=O) groups is 1. The number of hydrogen-bond acceptors (Lipinski definition) is 4. The fourth-order valence-corrected chi connectivity index (χ4v) is 2.95. The van der Waals surface area contributed by atoms with Gasteiger partial charge in [-0.2, -0.15) is 0 Å². The van der Waals surface area contributed by atoms with Crippen molar-refractivity contribution < 1.29 is 19.8 Å². The zero-order chi connectivity index (χ0) is 16.9. The second kappa shape index (κ2) is 7.37. The van der Waals surface area contributed by atoms with Crippen molar-refractivity contribution >= 4 is 17.7 Å². The maximum Gasteiger partial charge on any atom is 0.331 e. The number of nitrogens with two attached hydrogens (primary N) is 1. The Hall–Kier alpha value is -2.21. The van der Waals surface area contributed by atoms with E-state index in [4.69, 9.17) is 4.74 Å². The first-order valence-corrected chi connectivity index (χ1v) is 7.86. The normalized spacial score (nSPS) is 16.4. The van der Waals surface area contributed by atoms with Crippen molar-refractivity contribution in [2.75, 3.05) is 13.1 Å². The van der Waals surface area contributed by atoms with Crippen LogP contribution in [0.5, 0.6) is 0 Å². The van der Waals surface area contributed by atoms with E-state index in [9.17, 15) is 14.9 Å². The summed E-state index contributed by atoms with van der Waals surface area (Å²) >= 11 is 0. The molecule has 0 radical (unpaired) electrons. The highest BCUT2D eigenvalue weighted by Gasteiger charge is 2.34. The van der Waals surface area contributed by atoms with E-state index in [0.717, 1.165) is 25.9 Å². The Labute approximate surface area is 135 Å². The average molecular weight is 319 g/mol. The van der Waals surface area contributed by atoms with Gasteiger partial charge in [0.15, 0.2) is 0 Å². The molecule has 1 aliphatic heterocycles. The van der Waals surface area contributed by atoms with Crippen LogP contribution in [-0.4, -0.2) is 29.6 Å². The van der Waals surface area contributed by atoms with Crippen LogP contribution in [0.3, 0.4) is 0 Å². The average Bonchev–Trinajstić information content (AvgIpc) is 2.53. The molecule has 23 heavy (non-hydrogen) atoms. The first-order valence-electron chi connectivity index (χ1n) is 7.86. The maximum absolute atomic E-state index is 12.1. The Bertz CT molecular complexity index is 604. The third-order valence-electron chi connectivity index (χ3n) is 4.32. The summed E-state index contributed by atoms with van der Waals surface area (Å²) in [4.78, 5) is 22.6. The molecule has 1 saturated heterocycles. The van der Waals surface area contributed by atoms with Gasteiger partial charge in [-0.25, -0.2) is 4.79 Å². The summed E-state index contributed by atoms with van der Waals surface area (Å²) in [7, 11) is 0. The van der Waals surface area contributed by atoms with Gasteiger partial charge < -0.3 is 10.1 Å². The zero-order valence-electron chi connectivity index (χ0n) is 13.5. The number of benzene rings is 1. The summed E-state index contributed by atoms with van der Waals surface area (Å²) in [5, 5.41) is 13.2. The molecule has 1 aliphatic rings. The molecular formula is C17H23N2O4+. The summed E-state index contributed by atoms with van der Waals surface area (Å²) < 4.78 is 5.59. The number of hydrogen-bond donors (Lipinski definition) is 1. The molecule has 2 N–H and O–H groups in total. The van der Waals surface area contributed by atoms with Crippen LogP contribution in [0, 0.1) is 16.0 Å². The third kappa shape index (κ3) is 4.63. The molecule has 2 rings (SSSR count). The van der Waals surface area contributed by atoms with E-state index in [-0.39, 0.29) is 5.69 Å². The quantitative estimate of drug-likeness (QED) is 0.389. The SMILES string of the molecule is CC(C)(OC(=O)/C=C/c1ccccc1[N+](=O)[O-])C1CC[NH2+]CC1. The van der Waals surface area contributed by atoms with E-state index < -0.39 is 16.5 Å². The van der Waals surface area contributed by atoms with Gasteiger partial charge >= 0.3 is 5.97 Å². The van der Waals surface area contributed by atoms with Crippen LogP contribution in [0.25, 0.3) is 6.08 Å². The van der Waals surface area contributed by atoms with Crippen LogP contribution >= 0.6 is 0 Å². The van der Waals surface area contributed by atoms with Crippen LogP contribution < -0.4 is 5.32 Å². The molecular weight excluding hydrogens is 296 g/mol. The van der Waals surface area contributed by atoms with E-state index in [0.29, 0.717) is 11.5 Å². The third-order valence-corrected chi connectivity index (χ3v) is 4.32. The van der Waals surface area contributed by atoms with E-state index in [1.54, 1.807) is 18.2 Å². The number of rotatable bonds is 5. The smallest absolute Gasteiger partial charge is 0.331 e. The summed E-state index contributed by atoms with van der Waals surface area (Å²) in [5.74, 6) is -0.126. The number of nitrogens with zero attached hydrogens (tertiary/aromatic N) is 1. The Morgan fingerprint density at radius 1 is 1.35 bits per heavy atom. The molecule has 0 spiro atoms. The highest BCUT2D eigenvalue weighted by atomic mass is 16.6. The molecule has 6 heteroatoms. The molecule has 0 amide bonds. The van der Waals surface area contributed by atoms with E-state index in [1.807, 2.05) is 13.8 Å². The van der Waals surface area contributed by atoms with Gasteiger partial charge in [-0.15, -0.1) is 0 Å². The molecule has 1 fully saturated rings. The molecule has 6 nitrogen and oxygen atoms in total. The summed E-state index contributed by atoms with van der Waals surface area (Å²) in [5.41, 5.74) is -0.170. The molecule has 0 unspecified atom stereocenters. The number of quaternary nitrogens is 1. The molecule has 0 aromatic heterocycles. The molecule has 0 atom stereocenters. The van der Waals surface area contributed by atoms with Gasteiger partial charge in [-0.1, -0.05) is 12.1 Å². The molecule has 1 aromatic rings. The molecule has 1 heterocycles. The Balaban J connectivity index is 2.03. The Morgan fingerprint density at radius 2 is 2.00 bits per heavy atom. The molecule has 0 saturated carbocycles. The van der Waals surface area contributed by atoms with Crippen molar-refractivity contribution in [3.8, 4) is 0 Å². The number of nitro benzene ring substituents is 1. The van der Waals surface area contributed by atoms with Crippen LogP contribution in [0.1, 0.15) is 32.3 Å². The molecule has 1 aromatic carbocycles. The predicted molar refractivity (Wildman–Crippen MR) is 86.7 cm³/mol.